The normalized spacial score (nSPS) is 15.2. The second kappa shape index (κ2) is 3.34. The van der Waals surface area contributed by atoms with E-state index in [-0.39, 0.29) is 0 Å². The van der Waals surface area contributed by atoms with Crippen molar-refractivity contribution in [3.8, 4) is 6.07 Å². The van der Waals surface area contributed by atoms with Crippen LogP contribution in [0.4, 0.5) is 0 Å². The van der Waals surface area contributed by atoms with Gasteiger partial charge in [0.2, 0.25) is 0 Å². The third kappa shape index (κ3) is 1.38. The molecule has 0 bridgehead atoms. The number of rotatable bonds is 2. The lowest BCUT2D eigenvalue weighted by molar-refractivity contribution is 0.721. The zero-order chi connectivity index (χ0) is 11.1. The number of nitrogens with zero attached hydrogens (tertiary/aromatic N) is 3. The van der Waals surface area contributed by atoms with Gasteiger partial charge in [0.15, 0.2) is 0 Å². The van der Waals surface area contributed by atoms with Crippen LogP contribution in [0.3, 0.4) is 0 Å². The van der Waals surface area contributed by atoms with Crippen molar-refractivity contribution < 1.29 is 0 Å². The molecule has 0 radical (unpaired) electrons. The molecular formula is C13H13N3. The van der Waals surface area contributed by atoms with E-state index < -0.39 is 0 Å². The lowest BCUT2D eigenvalue weighted by atomic mass is 10.2. The van der Waals surface area contributed by atoms with Crippen molar-refractivity contribution in [1.82, 2.24) is 9.55 Å². The fourth-order valence-corrected chi connectivity index (χ4v) is 2.19. The van der Waals surface area contributed by atoms with Crippen molar-refractivity contribution in [1.29, 1.82) is 5.26 Å². The average molecular weight is 211 g/mol. The van der Waals surface area contributed by atoms with E-state index in [1.165, 1.54) is 23.9 Å². The van der Waals surface area contributed by atoms with Crippen molar-refractivity contribution in [2.45, 2.75) is 32.2 Å². The second-order valence-corrected chi connectivity index (χ2v) is 4.46. The van der Waals surface area contributed by atoms with E-state index in [0.29, 0.717) is 12.5 Å². The molecule has 1 aromatic carbocycles. The fourth-order valence-electron chi connectivity index (χ4n) is 2.19. The molecule has 0 N–H and O–H groups in total. The predicted octanol–water partition coefficient (Wildman–Crippen LogP) is 2.75. The van der Waals surface area contributed by atoms with Crippen molar-refractivity contribution in [2.75, 3.05) is 0 Å². The molecule has 0 amide bonds. The van der Waals surface area contributed by atoms with E-state index in [0.717, 1.165) is 11.3 Å². The SMILES string of the molecule is Cc1ccc2nc(CC#N)n(C3CC3)c2c1. The van der Waals surface area contributed by atoms with E-state index >= 15 is 0 Å². The summed E-state index contributed by atoms with van der Waals surface area (Å²) in [5, 5.41) is 8.82. The standard InChI is InChI=1S/C13H13N3/c1-9-2-5-11-12(8-9)16(10-3-4-10)13(15-11)6-7-14/h2,5,8,10H,3-4,6H2,1H3. The Morgan fingerprint density at radius 1 is 1.50 bits per heavy atom. The molecule has 1 fully saturated rings. The highest BCUT2D eigenvalue weighted by atomic mass is 15.1. The number of aryl methyl sites for hydroxylation is 1. The average Bonchev–Trinajstić information content (AvgIpc) is 3.02. The Balaban J connectivity index is 2.26. The minimum Gasteiger partial charge on any atom is -0.324 e. The van der Waals surface area contributed by atoms with Gasteiger partial charge >= 0.3 is 0 Å². The van der Waals surface area contributed by atoms with Gasteiger partial charge in [-0.25, -0.2) is 4.98 Å². The third-order valence-electron chi connectivity index (χ3n) is 3.07. The molecule has 3 rings (SSSR count). The molecule has 3 nitrogen and oxygen atoms in total. The third-order valence-corrected chi connectivity index (χ3v) is 3.07. The van der Waals surface area contributed by atoms with E-state index in [1.54, 1.807) is 0 Å². The summed E-state index contributed by atoms with van der Waals surface area (Å²) in [5.74, 6) is 0.922. The van der Waals surface area contributed by atoms with Crippen LogP contribution in [-0.2, 0) is 6.42 Å². The Bertz CT molecular complexity index is 585. The van der Waals surface area contributed by atoms with Crippen LogP contribution >= 0.6 is 0 Å². The first kappa shape index (κ1) is 9.41. The number of hydrogen-bond donors (Lipinski definition) is 0. The van der Waals surface area contributed by atoms with Gasteiger partial charge in [0, 0.05) is 6.04 Å². The summed E-state index contributed by atoms with van der Waals surface area (Å²) in [5.41, 5.74) is 3.45. The first-order valence-corrected chi connectivity index (χ1v) is 5.64. The first-order chi connectivity index (χ1) is 7.79. The van der Waals surface area contributed by atoms with Gasteiger partial charge < -0.3 is 4.57 Å². The zero-order valence-corrected chi connectivity index (χ0v) is 9.27. The van der Waals surface area contributed by atoms with Crippen LogP contribution in [0.1, 0.15) is 30.3 Å². The summed E-state index contributed by atoms with van der Waals surface area (Å²) in [6, 6.07) is 9.06. The molecule has 1 aliphatic carbocycles. The molecule has 0 unspecified atom stereocenters. The van der Waals surface area contributed by atoms with Gasteiger partial charge in [-0.2, -0.15) is 5.26 Å². The molecule has 0 atom stereocenters. The summed E-state index contributed by atoms with van der Waals surface area (Å²) >= 11 is 0. The molecule has 1 saturated carbocycles. The molecule has 3 heteroatoms. The number of hydrogen-bond acceptors (Lipinski definition) is 2. The number of benzene rings is 1. The summed E-state index contributed by atoms with van der Waals surface area (Å²) in [4.78, 5) is 4.55. The van der Waals surface area contributed by atoms with E-state index in [9.17, 15) is 0 Å². The smallest absolute Gasteiger partial charge is 0.124 e. The quantitative estimate of drug-likeness (QED) is 0.766. The Morgan fingerprint density at radius 2 is 2.31 bits per heavy atom. The van der Waals surface area contributed by atoms with Gasteiger partial charge in [-0.3, -0.25) is 0 Å². The fraction of sp³-hybridized carbons (Fsp3) is 0.385. The molecule has 0 aliphatic heterocycles. The second-order valence-electron chi connectivity index (χ2n) is 4.46. The first-order valence-electron chi connectivity index (χ1n) is 5.64. The van der Waals surface area contributed by atoms with Crippen molar-refractivity contribution in [2.24, 2.45) is 0 Å². The van der Waals surface area contributed by atoms with Crippen LogP contribution in [0.2, 0.25) is 0 Å². The Morgan fingerprint density at radius 3 is 3.00 bits per heavy atom. The zero-order valence-electron chi connectivity index (χ0n) is 9.27. The number of aromatic nitrogens is 2. The van der Waals surface area contributed by atoms with Crippen LogP contribution in [0.15, 0.2) is 18.2 Å². The summed E-state index contributed by atoms with van der Waals surface area (Å²) < 4.78 is 2.26. The maximum atomic E-state index is 8.82. The lowest BCUT2D eigenvalue weighted by Crippen LogP contribution is -2.00. The number of imidazole rings is 1. The van der Waals surface area contributed by atoms with E-state index in [4.69, 9.17) is 5.26 Å². The highest BCUT2D eigenvalue weighted by molar-refractivity contribution is 5.77. The van der Waals surface area contributed by atoms with Crippen molar-refractivity contribution in [3.05, 3.63) is 29.6 Å². The lowest BCUT2D eigenvalue weighted by Gasteiger charge is -2.04. The minimum atomic E-state index is 0.407. The van der Waals surface area contributed by atoms with Crippen molar-refractivity contribution >= 4 is 11.0 Å². The number of fused-ring (bicyclic) bond motifs is 1. The molecule has 2 aromatic rings. The van der Waals surface area contributed by atoms with Crippen LogP contribution in [0.5, 0.6) is 0 Å². The molecule has 1 aliphatic rings. The monoisotopic (exact) mass is 211 g/mol. The largest absolute Gasteiger partial charge is 0.324 e. The van der Waals surface area contributed by atoms with Crippen LogP contribution in [-0.4, -0.2) is 9.55 Å². The maximum Gasteiger partial charge on any atom is 0.124 e. The van der Waals surface area contributed by atoms with Gasteiger partial charge in [-0.15, -0.1) is 0 Å². The number of nitriles is 1. The Kier molecular flexibility index (Phi) is 1.97. The summed E-state index contributed by atoms with van der Waals surface area (Å²) in [7, 11) is 0. The van der Waals surface area contributed by atoms with Gasteiger partial charge in [0.1, 0.15) is 5.82 Å². The molecule has 16 heavy (non-hydrogen) atoms. The molecule has 1 heterocycles. The Labute approximate surface area is 94.3 Å². The molecule has 0 spiro atoms. The summed E-state index contributed by atoms with van der Waals surface area (Å²) in [6.45, 7) is 2.09. The van der Waals surface area contributed by atoms with E-state index in [1.807, 2.05) is 6.07 Å². The van der Waals surface area contributed by atoms with E-state index in [2.05, 4.69) is 34.7 Å². The molecular weight excluding hydrogens is 198 g/mol. The molecule has 1 aromatic heterocycles. The van der Waals surface area contributed by atoms with Crippen LogP contribution in [0, 0.1) is 18.3 Å². The topological polar surface area (TPSA) is 41.6 Å². The highest BCUT2D eigenvalue weighted by Gasteiger charge is 2.27. The summed E-state index contributed by atoms with van der Waals surface area (Å²) in [6.07, 6.45) is 2.85. The van der Waals surface area contributed by atoms with Gasteiger partial charge in [-0.05, 0) is 37.5 Å². The predicted molar refractivity (Wildman–Crippen MR) is 62.1 cm³/mol. The van der Waals surface area contributed by atoms with Crippen LogP contribution < -0.4 is 0 Å². The molecule has 80 valence electrons. The molecule has 0 saturated heterocycles. The van der Waals surface area contributed by atoms with Gasteiger partial charge in [0.25, 0.3) is 0 Å². The Hall–Kier alpha value is -1.82. The van der Waals surface area contributed by atoms with Crippen LogP contribution in [0.25, 0.3) is 11.0 Å². The van der Waals surface area contributed by atoms with Crippen molar-refractivity contribution in [3.63, 3.8) is 0 Å². The minimum absolute atomic E-state index is 0.407. The van der Waals surface area contributed by atoms with Gasteiger partial charge in [-0.1, -0.05) is 6.07 Å². The van der Waals surface area contributed by atoms with Gasteiger partial charge in [0.05, 0.1) is 23.5 Å². The highest BCUT2D eigenvalue weighted by Crippen LogP contribution is 2.38. The maximum absolute atomic E-state index is 8.82.